The van der Waals surface area contributed by atoms with E-state index in [1.54, 1.807) is 0 Å². The van der Waals surface area contributed by atoms with Crippen molar-refractivity contribution in [2.75, 3.05) is 31.1 Å². The minimum atomic E-state index is -0.251. The topological polar surface area (TPSA) is 45.1 Å². The zero-order valence-corrected chi connectivity index (χ0v) is 16.8. The second-order valence-corrected chi connectivity index (χ2v) is 8.07. The molecule has 5 nitrogen and oxygen atoms in total. The molecule has 0 aliphatic carbocycles. The van der Waals surface area contributed by atoms with Crippen LogP contribution in [-0.4, -0.2) is 48.9 Å². The van der Waals surface area contributed by atoms with E-state index in [0.717, 1.165) is 42.5 Å². The van der Waals surface area contributed by atoms with Crippen LogP contribution in [0.3, 0.4) is 0 Å². The Morgan fingerprint density at radius 2 is 1.79 bits per heavy atom. The summed E-state index contributed by atoms with van der Waals surface area (Å²) < 4.78 is 0. The number of benzene rings is 2. The van der Waals surface area contributed by atoms with Crippen LogP contribution in [0.2, 0.25) is 5.02 Å². The third-order valence-corrected chi connectivity index (χ3v) is 6.07. The van der Waals surface area contributed by atoms with Gasteiger partial charge >= 0.3 is 0 Å². The quantitative estimate of drug-likeness (QED) is 0.797. The number of piperazine rings is 1. The lowest BCUT2D eigenvalue weighted by molar-refractivity contribution is -0.915. The molecule has 2 heterocycles. The molecule has 0 saturated carbocycles. The summed E-state index contributed by atoms with van der Waals surface area (Å²) in [7, 11) is 0. The Balaban J connectivity index is 1.40. The number of likely N-dealkylation sites (tertiary alicyclic amines) is 1. The average Bonchev–Trinajstić information content (AvgIpc) is 2.99. The monoisotopic (exact) mass is 398 g/mol. The molecule has 6 heteroatoms. The smallest absolute Gasteiger partial charge is 0.288 e. The van der Waals surface area contributed by atoms with Crippen LogP contribution >= 0.6 is 11.6 Å². The predicted octanol–water partition coefficient (Wildman–Crippen LogP) is 1.68. The fourth-order valence-corrected chi connectivity index (χ4v) is 4.41. The summed E-state index contributed by atoms with van der Waals surface area (Å²) in [6.45, 7) is 5.85. The lowest BCUT2D eigenvalue weighted by Crippen LogP contribution is -3.19. The van der Waals surface area contributed by atoms with Gasteiger partial charge in [0.05, 0.1) is 39.1 Å². The SMILES string of the molecule is Cc1ccc(Cl)cc1N1CC[NH+]([C@@H]2CC(=O)N(Cc3ccccc3)C2=O)CC1. The van der Waals surface area contributed by atoms with E-state index in [1.807, 2.05) is 48.5 Å². The average molecular weight is 399 g/mol. The first-order chi connectivity index (χ1) is 13.5. The Bertz CT molecular complexity index is 879. The molecule has 0 spiro atoms. The third kappa shape index (κ3) is 3.77. The van der Waals surface area contributed by atoms with Crippen LogP contribution in [-0.2, 0) is 16.1 Å². The molecule has 0 aromatic heterocycles. The number of aryl methyl sites for hydroxylation is 1. The molecular formula is C22H25ClN3O2+. The van der Waals surface area contributed by atoms with E-state index < -0.39 is 0 Å². The molecule has 2 aromatic carbocycles. The molecule has 0 unspecified atom stereocenters. The van der Waals surface area contributed by atoms with Gasteiger partial charge in [-0.2, -0.15) is 0 Å². The van der Waals surface area contributed by atoms with E-state index >= 15 is 0 Å². The number of hydrogen-bond acceptors (Lipinski definition) is 3. The number of hydrogen-bond donors (Lipinski definition) is 1. The van der Waals surface area contributed by atoms with E-state index in [0.29, 0.717) is 13.0 Å². The van der Waals surface area contributed by atoms with Gasteiger partial charge in [0, 0.05) is 10.7 Å². The fraction of sp³-hybridized carbons (Fsp3) is 0.364. The lowest BCUT2D eigenvalue weighted by Gasteiger charge is -2.36. The summed E-state index contributed by atoms with van der Waals surface area (Å²) in [5.41, 5.74) is 3.35. The van der Waals surface area contributed by atoms with Crippen molar-refractivity contribution in [2.24, 2.45) is 0 Å². The van der Waals surface area contributed by atoms with Crippen LogP contribution in [0.4, 0.5) is 5.69 Å². The van der Waals surface area contributed by atoms with E-state index in [9.17, 15) is 9.59 Å². The molecule has 2 aromatic rings. The van der Waals surface area contributed by atoms with Crippen molar-refractivity contribution in [3.8, 4) is 0 Å². The second kappa shape index (κ2) is 7.94. The maximum absolute atomic E-state index is 12.9. The molecule has 2 aliphatic heterocycles. The highest BCUT2D eigenvalue weighted by Gasteiger charge is 2.45. The molecule has 2 amide bonds. The fourth-order valence-electron chi connectivity index (χ4n) is 4.24. The Morgan fingerprint density at radius 3 is 2.50 bits per heavy atom. The first-order valence-corrected chi connectivity index (χ1v) is 10.1. The molecule has 28 heavy (non-hydrogen) atoms. The molecule has 0 bridgehead atoms. The third-order valence-electron chi connectivity index (χ3n) is 5.84. The molecule has 2 fully saturated rings. The van der Waals surface area contributed by atoms with Gasteiger partial charge in [0.15, 0.2) is 6.04 Å². The molecule has 1 atom stereocenters. The van der Waals surface area contributed by atoms with E-state index in [2.05, 4.69) is 11.8 Å². The Hall–Kier alpha value is -2.37. The molecule has 4 rings (SSSR count). The van der Waals surface area contributed by atoms with Gasteiger partial charge in [-0.1, -0.05) is 48.0 Å². The first kappa shape index (κ1) is 19.0. The molecule has 146 valence electrons. The number of carbonyl (C=O) groups excluding carboxylic acids is 2. The number of halogens is 1. The minimum absolute atomic E-state index is 0.0313. The van der Waals surface area contributed by atoms with Crippen molar-refractivity contribution in [1.82, 2.24) is 4.90 Å². The second-order valence-electron chi connectivity index (χ2n) is 7.64. The standard InChI is InChI=1S/C22H24ClN3O2/c1-16-7-8-18(23)13-19(16)24-9-11-25(12-10-24)20-14-21(27)26(22(20)28)15-17-5-3-2-4-6-17/h2-8,13,20H,9-12,14-15H2,1H3/p+1/t20-/m1/s1. The Labute approximate surface area is 170 Å². The predicted molar refractivity (Wildman–Crippen MR) is 110 cm³/mol. The molecular weight excluding hydrogens is 374 g/mol. The van der Waals surface area contributed by atoms with Crippen LogP contribution < -0.4 is 9.80 Å². The van der Waals surface area contributed by atoms with E-state index in [1.165, 1.54) is 15.4 Å². The van der Waals surface area contributed by atoms with Gasteiger partial charge in [0.25, 0.3) is 5.91 Å². The van der Waals surface area contributed by atoms with Crippen molar-refractivity contribution in [1.29, 1.82) is 0 Å². The van der Waals surface area contributed by atoms with Crippen molar-refractivity contribution in [2.45, 2.75) is 25.9 Å². The largest absolute Gasteiger partial charge is 0.360 e. The van der Waals surface area contributed by atoms with Crippen molar-refractivity contribution < 1.29 is 14.5 Å². The van der Waals surface area contributed by atoms with Crippen LogP contribution in [0.1, 0.15) is 17.5 Å². The summed E-state index contributed by atoms with van der Waals surface area (Å²) in [5, 5.41) is 0.739. The Kier molecular flexibility index (Phi) is 5.38. The van der Waals surface area contributed by atoms with Gasteiger partial charge in [-0.25, -0.2) is 0 Å². The minimum Gasteiger partial charge on any atom is -0.360 e. The highest BCUT2D eigenvalue weighted by atomic mass is 35.5. The summed E-state index contributed by atoms with van der Waals surface area (Å²) in [6, 6.07) is 15.4. The molecule has 0 radical (unpaired) electrons. The van der Waals surface area contributed by atoms with Crippen molar-refractivity contribution >= 4 is 29.1 Å². The van der Waals surface area contributed by atoms with Crippen LogP contribution in [0, 0.1) is 6.92 Å². The van der Waals surface area contributed by atoms with Gasteiger partial charge in [0.1, 0.15) is 0 Å². The number of quaternary nitrogens is 1. The number of nitrogens with zero attached hydrogens (tertiary/aromatic N) is 2. The van der Waals surface area contributed by atoms with Gasteiger partial charge in [-0.05, 0) is 30.2 Å². The summed E-state index contributed by atoms with van der Waals surface area (Å²) >= 11 is 6.17. The van der Waals surface area contributed by atoms with Crippen LogP contribution in [0.15, 0.2) is 48.5 Å². The molecule has 2 aliphatic rings. The number of rotatable bonds is 4. The summed E-state index contributed by atoms with van der Waals surface area (Å²) in [4.78, 5) is 30.4. The number of imide groups is 1. The maximum Gasteiger partial charge on any atom is 0.288 e. The number of carbonyl (C=O) groups is 2. The maximum atomic E-state index is 12.9. The first-order valence-electron chi connectivity index (χ1n) is 9.77. The zero-order chi connectivity index (χ0) is 19.7. The number of anilines is 1. The number of amides is 2. The van der Waals surface area contributed by atoms with Crippen LogP contribution in [0.25, 0.3) is 0 Å². The highest BCUT2D eigenvalue weighted by molar-refractivity contribution is 6.30. The molecule has 1 N–H and O–H groups in total. The van der Waals surface area contributed by atoms with Gasteiger partial charge < -0.3 is 9.80 Å². The van der Waals surface area contributed by atoms with E-state index in [-0.39, 0.29) is 17.9 Å². The van der Waals surface area contributed by atoms with Gasteiger partial charge in [-0.15, -0.1) is 0 Å². The van der Waals surface area contributed by atoms with Crippen molar-refractivity contribution in [3.05, 3.63) is 64.7 Å². The normalized spacial score (nSPS) is 20.9. The lowest BCUT2D eigenvalue weighted by atomic mass is 10.1. The van der Waals surface area contributed by atoms with Crippen molar-refractivity contribution in [3.63, 3.8) is 0 Å². The van der Waals surface area contributed by atoms with E-state index in [4.69, 9.17) is 11.6 Å². The summed E-state index contributed by atoms with van der Waals surface area (Å²) in [5.74, 6) is -0.0873. The van der Waals surface area contributed by atoms with Gasteiger partial charge in [-0.3, -0.25) is 14.5 Å². The molecule has 2 saturated heterocycles. The highest BCUT2D eigenvalue weighted by Crippen LogP contribution is 2.24. The van der Waals surface area contributed by atoms with Crippen LogP contribution in [0.5, 0.6) is 0 Å². The zero-order valence-electron chi connectivity index (χ0n) is 16.0. The van der Waals surface area contributed by atoms with Gasteiger partial charge in [0.2, 0.25) is 5.91 Å². The number of nitrogens with one attached hydrogen (secondary N) is 1. The Morgan fingerprint density at radius 1 is 1.07 bits per heavy atom. The summed E-state index contributed by atoms with van der Waals surface area (Å²) in [6.07, 6.45) is 0.317.